The number of benzene rings is 2. The molecule has 1 fully saturated rings. The lowest BCUT2D eigenvalue weighted by atomic mass is 9.49. The third kappa shape index (κ3) is 2.06. The smallest absolute Gasteiger partial charge is 0.166 e. The van der Waals surface area contributed by atoms with E-state index in [1.165, 1.54) is 11.1 Å². The first-order chi connectivity index (χ1) is 15.0. The first-order valence-electron chi connectivity index (χ1n) is 11.4. The van der Waals surface area contributed by atoms with E-state index < -0.39 is 11.0 Å². The molecule has 4 aliphatic rings. The average molecular weight is 417 g/mol. The molecule has 7 rings (SSSR count). The van der Waals surface area contributed by atoms with E-state index in [-0.39, 0.29) is 17.9 Å². The Morgan fingerprint density at radius 3 is 2.81 bits per heavy atom. The summed E-state index contributed by atoms with van der Waals surface area (Å²) in [6.07, 6.45) is 1.68. The topological polar surface area (TPSA) is 74.6 Å². The minimum absolute atomic E-state index is 0.0376. The van der Waals surface area contributed by atoms with Crippen molar-refractivity contribution in [2.45, 2.75) is 63.2 Å². The fraction of sp³-hybridized carbons (Fsp3) is 0.423. The molecule has 2 aromatic carbocycles. The number of aromatic nitrogens is 1. The van der Waals surface area contributed by atoms with Crippen LogP contribution >= 0.6 is 0 Å². The second kappa shape index (κ2) is 6.21. The zero-order valence-electron chi connectivity index (χ0n) is 18.2. The number of aliphatic hydroxyl groups is 1. The zero-order valence-corrected chi connectivity index (χ0v) is 18.2. The lowest BCUT2D eigenvalue weighted by Crippen LogP contribution is -2.74. The third-order valence-corrected chi connectivity index (χ3v) is 8.04. The first-order valence-corrected chi connectivity index (χ1v) is 11.4. The maximum absolute atomic E-state index is 12.3. The number of fused-ring (bicyclic) bond motifs is 3. The summed E-state index contributed by atoms with van der Waals surface area (Å²) in [7, 11) is 0. The van der Waals surface area contributed by atoms with Crippen LogP contribution in [0.3, 0.4) is 0 Å². The molecule has 0 saturated carbocycles. The summed E-state index contributed by atoms with van der Waals surface area (Å²) >= 11 is 0. The van der Waals surface area contributed by atoms with E-state index in [0.29, 0.717) is 12.2 Å². The Bertz CT molecular complexity index is 1240. The number of pyridine rings is 1. The van der Waals surface area contributed by atoms with Gasteiger partial charge in [-0.05, 0) is 55.1 Å². The van der Waals surface area contributed by atoms with Crippen LogP contribution in [-0.4, -0.2) is 33.4 Å². The number of para-hydroxylation sites is 1. The highest BCUT2D eigenvalue weighted by molar-refractivity contribution is 5.84. The molecule has 2 bridgehead atoms. The van der Waals surface area contributed by atoms with Gasteiger partial charge in [0.25, 0.3) is 0 Å². The molecule has 0 amide bonds. The lowest BCUT2D eigenvalue weighted by molar-refractivity contribution is -0.134. The first kappa shape index (κ1) is 19.1. The summed E-state index contributed by atoms with van der Waals surface area (Å²) in [4.78, 5) is 5.06. The van der Waals surface area contributed by atoms with Crippen LogP contribution < -0.4 is 10.1 Å². The van der Waals surface area contributed by atoms with Gasteiger partial charge in [0.15, 0.2) is 17.6 Å². The number of hydrogen-bond acceptors (Lipinski definition) is 5. The number of phenols is 1. The molecule has 2 aliphatic carbocycles. The van der Waals surface area contributed by atoms with Gasteiger partial charge in [0.1, 0.15) is 0 Å². The van der Waals surface area contributed by atoms with Crippen LogP contribution in [0.15, 0.2) is 36.4 Å². The van der Waals surface area contributed by atoms with Crippen LogP contribution in [0.4, 0.5) is 0 Å². The molecular formula is C26H28N2O3. The number of piperidine rings is 1. The molecular weight excluding hydrogens is 388 g/mol. The van der Waals surface area contributed by atoms with Gasteiger partial charge in [-0.2, -0.15) is 0 Å². The summed E-state index contributed by atoms with van der Waals surface area (Å²) in [6, 6.07) is 11.9. The van der Waals surface area contributed by atoms with Gasteiger partial charge in [-0.3, -0.25) is 0 Å². The van der Waals surface area contributed by atoms with Crippen molar-refractivity contribution in [3.05, 3.63) is 64.3 Å². The van der Waals surface area contributed by atoms with Gasteiger partial charge in [0.05, 0.1) is 22.2 Å². The fourth-order valence-electron chi connectivity index (χ4n) is 6.76. The summed E-state index contributed by atoms with van der Waals surface area (Å²) in [5.41, 5.74) is 4.79. The maximum Gasteiger partial charge on any atom is 0.166 e. The highest BCUT2D eigenvalue weighted by Crippen LogP contribution is 2.67. The van der Waals surface area contributed by atoms with Gasteiger partial charge in [-0.25, -0.2) is 4.98 Å². The van der Waals surface area contributed by atoms with E-state index >= 15 is 0 Å². The van der Waals surface area contributed by atoms with E-state index in [0.717, 1.165) is 47.1 Å². The molecule has 2 aliphatic heterocycles. The normalized spacial score (nSPS) is 31.2. The summed E-state index contributed by atoms with van der Waals surface area (Å²) in [5.74, 6) is 0.706. The summed E-state index contributed by atoms with van der Waals surface area (Å²) in [5, 5.41) is 27.6. The molecule has 5 heteroatoms. The van der Waals surface area contributed by atoms with Crippen LogP contribution in [0.2, 0.25) is 0 Å². The summed E-state index contributed by atoms with van der Waals surface area (Å²) in [6.45, 7) is 6.95. The Labute approximate surface area is 182 Å². The molecule has 0 unspecified atom stereocenters. The van der Waals surface area contributed by atoms with Gasteiger partial charge in [-0.1, -0.05) is 38.1 Å². The number of hydrogen-bond donors (Lipinski definition) is 3. The fourth-order valence-corrected chi connectivity index (χ4v) is 6.76. The van der Waals surface area contributed by atoms with Crippen molar-refractivity contribution in [2.75, 3.05) is 6.54 Å². The Morgan fingerprint density at radius 1 is 1.16 bits per heavy atom. The second-order valence-corrected chi connectivity index (χ2v) is 9.10. The maximum atomic E-state index is 12.3. The molecule has 160 valence electrons. The number of phenolic OH excluding ortho intramolecular Hbond substituents is 1. The molecule has 0 radical (unpaired) electrons. The number of ether oxygens (including phenoxy) is 1. The minimum Gasteiger partial charge on any atom is -0.504 e. The minimum atomic E-state index is -0.968. The average Bonchev–Trinajstić information content (AvgIpc) is 3.13. The predicted molar refractivity (Wildman–Crippen MR) is 120 cm³/mol. The molecule has 31 heavy (non-hydrogen) atoms. The molecule has 3 heterocycles. The Morgan fingerprint density at radius 2 is 1.97 bits per heavy atom. The van der Waals surface area contributed by atoms with Crippen molar-refractivity contribution in [1.29, 1.82) is 0 Å². The third-order valence-electron chi connectivity index (χ3n) is 8.04. The molecule has 3 N–H and O–H groups in total. The second-order valence-electron chi connectivity index (χ2n) is 9.10. The molecule has 4 atom stereocenters. The van der Waals surface area contributed by atoms with E-state index in [4.69, 9.17) is 9.72 Å². The Hall–Kier alpha value is -2.63. The number of rotatable bonds is 0. The van der Waals surface area contributed by atoms with Crippen molar-refractivity contribution < 1.29 is 14.9 Å². The van der Waals surface area contributed by atoms with Crippen LogP contribution in [-0.2, 0) is 18.3 Å². The molecule has 1 saturated heterocycles. The number of nitrogens with one attached hydrogen (secondary N) is 1. The zero-order chi connectivity index (χ0) is 21.5. The number of aryl methyl sites for hydroxylation is 1. The molecule has 3 aromatic rings. The number of aromatic hydroxyl groups is 1. The van der Waals surface area contributed by atoms with E-state index in [9.17, 15) is 10.2 Å². The van der Waals surface area contributed by atoms with Gasteiger partial charge < -0.3 is 20.3 Å². The Balaban J connectivity index is 0.000000902. The molecule has 1 aromatic heterocycles. The standard InChI is InChI=1S/C24H22N2O3.C2H6/c1-12-14-4-2-3-5-16(14)26-20-15(12)11-24(28)18-10-13-6-7-17(27)21-19(13)23(24,8-9-25-18)22(20)29-21;1-2/h2-7,18,22,25,27-28H,8-11H2,1H3;1-2H3/t18-,22+,23+,24-;/m1./s1. The Kier molecular flexibility index (Phi) is 3.82. The quantitative estimate of drug-likeness (QED) is 0.519. The van der Waals surface area contributed by atoms with Crippen molar-refractivity contribution in [3.8, 4) is 11.5 Å². The van der Waals surface area contributed by atoms with Crippen LogP contribution in [0.5, 0.6) is 11.5 Å². The van der Waals surface area contributed by atoms with Gasteiger partial charge >= 0.3 is 0 Å². The van der Waals surface area contributed by atoms with E-state index in [1.54, 1.807) is 6.07 Å². The monoisotopic (exact) mass is 416 g/mol. The largest absolute Gasteiger partial charge is 0.504 e. The van der Waals surface area contributed by atoms with Crippen LogP contribution in [0.1, 0.15) is 54.3 Å². The van der Waals surface area contributed by atoms with Crippen LogP contribution in [0.25, 0.3) is 10.9 Å². The molecule has 5 nitrogen and oxygen atoms in total. The van der Waals surface area contributed by atoms with Crippen LogP contribution in [0, 0.1) is 6.92 Å². The molecule has 1 spiro atoms. The lowest BCUT2D eigenvalue weighted by Gasteiger charge is -2.60. The van der Waals surface area contributed by atoms with Gasteiger partial charge in [0.2, 0.25) is 0 Å². The van der Waals surface area contributed by atoms with E-state index in [2.05, 4.69) is 18.3 Å². The number of nitrogens with zero attached hydrogens (tertiary/aromatic N) is 1. The van der Waals surface area contributed by atoms with E-state index in [1.807, 2.05) is 38.1 Å². The van der Waals surface area contributed by atoms with Crippen molar-refractivity contribution in [3.63, 3.8) is 0 Å². The predicted octanol–water partition coefficient (Wildman–Crippen LogP) is 3.85. The highest BCUT2D eigenvalue weighted by atomic mass is 16.5. The van der Waals surface area contributed by atoms with Crippen molar-refractivity contribution in [1.82, 2.24) is 10.3 Å². The van der Waals surface area contributed by atoms with Gasteiger partial charge in [-0.15, -0.1) is 0 Å². The summed E-state index contributed by atoms with van der Waals surface area (Å²) < 4.78 is 6.50. The SMILES string of the molecule is CC.Cc1c2c(nc3ccccc13)[C@@H]1Oc3c(O)ccc4c3[C@@]13CCN[C@H](C4)[C@]3(O)C2. The van der Waals surface area contributed by atoms with Crippen molar-refractivity contribution >= 4 is 10.9 Å². The van der Waals surface area contributed by atoms with Gasteiger partial charge in [0, 0.05) is 23.4 Å². The highest BCUT2D eigenvalue weighted by Gasteiger charge is 2.71. The van der Waals surface area contributed by atoms with Crippen molar-refractivity contribution in [2.24, 2.45) is 0 Å².